The van der Waals surface area contributed by atoms with Gasteiger partial charge < -0.3 is 5.32 Å². The fourth-order valence-electron chi connectivity index (χ4n) is 2.37. The lowest BCUT2D eigenvalue weighted by molar-refractivity contribution is -0.122. The molecule has 0 unspecified atom stereocenters. The second-order valence-electron chi connectivity index (χ2n) is 5.55. The van der Waals surface area contributed by atoms with E-state index in [1.165, 1.54) is 16.7 Å². The third-order valence-corrected chi connectivity index (χ3v) is 7.36. The fourth-order valence-corrected chi connectivity index (χ4v) is 5.72. The van der Waals surface area contributed by atoms with Gasteiger partial charge in [-0.3, -0.25) is 14.5 Å². The Hall–Kier alpha value is -1.92. The number of aromatic nitrogens is 2. The van der Waals surface area contributed by atoms with Gasteiger partial charge >= 0.3 is 0 Å². The molecule has 1 saturated heterocycles. The first-order chi connectivity index (χ1) is 13.6. The van der Waals surface area contributed by atoms with Gasteiger partial charge in [0, 0.05) is 29.4 Å². The molecule has 0 saturated carbocycles. The molecule has 0 bridgehead atoms. The monoisotopic (exact) mass is 464 g/mol. The zero-order valence-corrected chi connectivity index (χ0v) is 18.2. The average Bonchev–Trinajstić information content (AvgIpc) is 3.44. The first-order valence-electron chi connectivity index (χ1n) is 8.06. The van der Waals surface area contributed by atoms with Crippen LogP contribution in [0.2, 0.25) is 0 Å². The van der Waals surface area contributed by atoms with Crippen LogP contribution in [-0.4, -0.2) is 36.9 Å². The van der Waals surface area contributed by atoms with Crippen LogP contribution >= 0.6 is 58.2 Å². The van der Waals surface area contributed by atoms with E-state index in [0.29, 0.717) is 20.2 Å². The van der Waals surface area contributed by atoms with Crippen LogP contribution in [0.5, 0.6) is 0 Å². The zero-order chi connectivity index (χ0) is 19.5. The van der Waals surface area contributed by atoms with E-state index >= 15 is 0 Å². The third-order valence-electron chi connectivity index (χ3n) is 3.67. The van der Waals surface area contributed by atoms with Crippen LogP contribution in [0.3, 0.4) is 0 Å². The van der Waals surface area contributed by atoms with Crippen molar-refractivity contribution in [3.05, 3.63) is 44.8 Å². The van der Waals surface area contributed by atoms with Crippen LogP contribution in [0.1, 0.15) is 11.3 Å². The molecule has 0 aromatic carbocycles. The molecule has 1 aliphatic rings. The van der Waals surface area contributed by atoms with Gasteiger partial charge in [0.05, 0.1) is 9.78 Å². The number of hydrogen-bond donors (Lipinski definition) is 1. The molecule has 28 heavy (non-hydrogen) atoms. The Morgan fingerprint density at radius 3 is 2.82 bits per heavy atom. The summed E-state index contributed by atoms with van der Waals surface area (Å²) in [4.78, 5) is 33.1. The number of carbonyl (C=O) groups excluding carboxylic acids is 2. The van der Waals surface area contributed by atoms with Crippen molar-refractivity contribution in [3.63, 3.8) is 0 Å². The molecule has 1 aliphatic heterocycles. The second-order valence-corrected chi connectivity index (χ2v) is 9.90. The van der Waals surface area contributed by atoms with Gasteiger partial charge in [0.15, 0.2) is 5.82 Å². The Morgan fingerprint density at radius 2 is 2.07 bits per heavy atom. The van der Waals surface area contributed by atoms with Crippen LogP contribution in [0.4, 0.5) is 5.13 Å². The molecule has 3 aromatic heterocycles. The highest BCUT2D eigenvalue weighted by atomic mass is 32.2. The van der Waals surface area contributed by atoms with Crippen LogP contribution in [0.15, 0.2) is 39.9 Å². The molecule has 1 fully saturated rings. The molecule has 0 atom stereocenters. The van der Waals surface area contributed by atoms with E-state index in [1.54, 1.807) is 22.7 Å². The van der Waals surface area contributed by atoms with Crippen molar-refractivity contribution in [1.82, 2.24) is 14.3 Å². The van der Waals surface area contributed by atoms with Crippen molar-refractivity contribution in [2.45, 2.75) is 6.42 Å². The topological polar surface area (TPSA) is 75.2 Å². The highest BCUT2D eigenvalue weighted by Gasteiger charge is 2.32. The van der Waals surface area contributed by atoms with Crippen LogP contribution in [0.25, 0.3) is 16.8 Å². The standard InChI is InChI=1S/C17H12N4O2S5/c22-13(18-16-19-14(20-28-16)11-4-2-8-26-11)5-6-21-15(23)12(27-17(21)24)9-10-3-1-7-25-10/h1-4,7-9H,5-6H2,(H,18,19,20,22). The number of hydrogen-bond acceptors (Lipinski definition) is 9. The largest absolute Gasteiger partial charge is 0.301 e. The molecule has 0 spiro atoms. The summed E-state index contributed by atoms with van der Waals surface area (Å²) in [7, 11) is 0. The summed E-state index contributed by atoms with van der Waals surface area (Å²) in [6.45, 7) is 0.231. The third kappa shape index (κ3) is 4.39. The van der Waals surface area contributed by atoms with Crippen LogP contribution in [-0.2, 0) is 9.59 Å². The zero-order valence-electron chi connectivity index (χ0n) is 14.2. The lowest BCUT2D eigenvalue weighted by atomic mass is 10.3. The van der Waals surface area contributed by atoms with Crippen molar-refractivity contribution in [2.24, 2.45) is 0 Å². The van der Waals surface area contributed by atoms with Gasteiger partial charge in [-0.2, -0.15) is 9.36 Å². The number of anilines is 1. The van der Waals surface area contributed by atoms with Gasteiger partial charge in [-0.25, -0.2) is 0 Å². The minimum absolute atomic E-state index is 0.132. The maximum atomic E-state index is 12.6. The minimum Gasteiger partial charge on any atom is -0.301 e. The van der Waals surface area contributed by atoms with Gasteiger partial charge in [-0.1, -0.05) is 36.1 Å². The molecule has 142 valence electrons. The number of thiophene rings is 2. The molecular formula is C17H12N4O2S5. The summed E-state index contributed by atoms with van der Waals surface area (Å²) in [6, 6.07) is 7.72. The molecule has 3 aromatic rings. The van der Waals surface area contributed by atoms with E-state index in [4.69, 9.17) is 12.2 Å². The van der Waals surface area contributed by atoms with Gasteiger partial charge in [0.1, 0.15) is 4.32 Å². The van der Waals surface area contributed by atoms with E-state index < -0.39 is 0 Å². The number of thiocarbonyl (C=S) groups is 1. The maximum absolute atomic E-state index is 12.6. The number of amides is 2. The van der Waals surface area contributed by atoms with Crippen molar-refractivity contribution in [1.29, 1.82) is 0 Å². The molecule has 0 aliphatic carbocycles. The quantitative estimate of drug-likeness (QED) is 0.426. The van der Waals surface area contributed by atoms with Crippen LogP contribution in [0, 0.1) is 0 Å². The molecule has 0 radical (unpaired) electrons. The van der Waals surface area contributed by atoms with Crippen molar-refractivity contribution in [3.8, 4) is 10.7 Å². The number of rotatable bonds is 6. The first kappa shape index (κ1) is 19.4. The minimum atomic E-state index is -0.231. The van der Waals surface area contributed by atoms with Gasteiger partial charge in [-0.05, 0) is 29.0 Å². The summed E-state index contributed by atoms with van der Waals surface area (Å²) < 4.78 is 4.72. The number of thioether (sulfide) groups is 1. The molecular weight excluding hydrogens is 453 g/mol. The van der Waals surface area contributed by atoms with Crippen LogP contribution < -0.4 is 5.32 Å². The van der Waals surface area contributed by atoms with Gasteiger partial charge in [0.25, 0.3) is 5.91 Å². The van der Waals surface area contributed by atoms with Crippen molar-refractivity contribution >= 4 is 85.5 Å². The molecule has 6 nitrogen and oxygen atoms in total. The van der Waals surface area contributed by atoms with Gasteiger partial charge in [-0.15, -0.1) is 22.7 Å². The lowest BCUT2D eigenvalue weighted by Crippen LogP contribution is -2.31. The Kier molecular flexibility index (Phi) is 5.97. The van der Waals surface area contributed by atoms with E-state index in [-0.39, 0.29) is 24.8 Å². The summed E-state index contributed by atoms with van der Waals surface area (Å²) in [5, 5.41) is 7.08. The smallest absolute Gasteiger partial charge is 0.266 e. The Labute approximate surface area is 182 Å². The molecule has 2 amide bonds. The van der Waals surface area contributed by atoms with Crippen molar-refractivity contribution < 1.29 is 9.59 Å². The highest BCUT2D eigenvalue weighted by Crippen LogP contribution is 2.33. The van der Waals surface area contributed by atoms with E-state index in [2.05, 4.69) is 14.7 Å². The maximum Gasteiger partial charge on any atom is 0.266 e. The number of nitrogens with zero attached hydrogens (tertiary/aromatic N) is 3. The number of nitrogens with one attached hydrogen (secondary N) is 1. The normalized spacial score (nSPS) is 15.6. The lowest BCUT2D eigenvalue weighted by Gasteiger charge is -2.13. The Morgan fingerprint density at radius 1 is 1.25 bits per heavy atom. The SMILES string of the molecule is O=C(CCN1C(=O)C(=Cc2cccs2)SC1=S)Nc1nc(-c2cccs2)ns1. The summed E-state index contributed by atoms with van der Waals surface area (Å²) >= 11 is 10.8. The molecule has 4 heterocycles. The molecule has 11 heteroatoms. The second kappa shape index (κ2) is 8.62. The summed E-state index contributed by atoms with van der Waals surface area (Å²) in [5.74, 6) is 0.211. The van der Waals surface area contributed by atoms with E-state index in [1.807, 2.05) is 41.1 Å². The first-order valence-corrected chi connectivity index (χ1v) is 11.8. The fraction of sp³-hybridized carbons (Fsp3) is 0.118. The van der Waals surface area contributed by atoms with Gasteiger partial charge in [0.2, 0.25) is 11.0 Å². The summed E-state index contributed by atoms with van der Waals surface area (Å²) in [5.41, 5.74) is 0. The number of carbonyl (C=O) groups is 2. The summed E-state index contributed by atoms with van der Waals surface area (Å²) in [6.07, 6.45) is 1.96. The van der Waals surface area contributed by atoms with Crippen molar-refractivity contribution in [2.75, 3.05) is 11.9 Å². The molecule has 4 rings (SSSR count). The Bertz CT molecular complexity index is 1040. The predicted octanol–water partition coefficient (Wildman–Crippen LogP) is 4.56. The Balaban J connectivity index is 1.33. The highest BCUT2D eigenvalue weighted by molar-refractivity contribution is 8.26. The molecule has 1 N–H and O–H groups in total. The van der Waals surface area contributed by atoms with E-state index in [0.717, 1.165) is 21.3 Å². The average molecular weight is 465 g/mol. The predicted molar refractivity (Wildman–Crippen MR) is 121 cm³/mol. The van der Waals surface area contributed by atoms with E-state index in [9.17, 15) is 9.59 Å².